The highest BCUT2D eigenvalue weighted by atomic mass is 35.5. The van der Waals surface area contributed by atoms with Gasteiger partial charge in [-0.2, -0.15) is 0 Å². The predicted molar refractivity (Wildman–Crippen MR) is 127 cm³/mol. The van der Waals surface area contributed by atoms with Gasteiger partial charge in [0.05, 0.1) is 11.1 Å². The third-order valence-electron chi connectivity index (χ3n) is 6.22. The number of hydrogen-bond acceptors (Lipinski definition) is 3. The van der Waals surface area contributed by atoms with Crippen LogP contribution in [-0.2, 0) is 15.0 Å². The number of nitrogens with one attached hydrogen (secondary N) is 2. The first-order valence-corrected chi connectivity index (χ1v) is 10.8. The van der Waals surface area contributed by atoms with Gasteiger partial charge < -0.3 is 16.4 Å². The fourth-order valence-corrected chi connectivity index (χ4v) is 5.52. The maximum Gasteiger partial charge on any atom is 0.237 e. The average Bonchev–Trinajstić information content (AvgIpc) is 3.12. The van der Waals surface area contributed by atoms with E-state index >= 15 is 0 Å². The Balaban J connectivity index is 0.00000289. The van der Waals surface area contributed by atoms with Crippen LogP contribution in [0.4, 0.5) is 10.1 Å². The van der Waals surface area contributed by atoms with Crippen LogP contribution in [0.1, 0.15) is 51.7 Å². The fourth-order valence-electron chi connectivity index (χ4n) is 5.15. The lowest BCUT2D eigenvalue weighted by Crippen LogP contribution is -2.49. The number of primary amides is 1. The monoisotopic (exact) mass is 479 g/mol. The molecule has 0 radical (unpaired) electrons. The van der Waals surface area contributed by atoms with Crippen LogP contribution in [0.25, 0.3) is 0 Å². The highest BCUT2D eigenvalue weighted by Crippen LogP contribution is 2.56. The van der Waals surface area contributed by atoms with E-state index in [1.54, 1.807) is 18.2 Å². The number of halogens is 3. The zero-order valence-electron chi connectivity index (χ0n) is 17.4. The van der Waals surface area contributed by atoms with Crippen LogP contribution in [0.5, 0.6) is 0 Å². The zero-order chi connectivity index (χ0) is 22.7. The van der Waals surface area contributed by atoms with E-state index in [0.29, 0.717) is 28.3 Å². The molecule has 0 bridgehead atoms. The number of benzene rings is 2. The van der Waals surface area contributed by atoms with Gasteiger partial charge in [-0.05, 0) is 47.2 Å². The van der Waals surface area contributed by atoms with E-state index in [2.05, 4.69) is 10.6 Å². The van der Waals surface area contributed by atoms with Gasteiger partial charge in [-0.25, -0.2) is 4.39 Å². The van der Waals surface area contributed by atoms with Crippen molar-refractivity contribution >= 4 is 40.7 Å². The lowest BCUT2D eigenvalue weighted by Gasteiger charge is -2.37. The molecule has 0 aliphatic carbocycles. The van der Waals surface area contributed by atoms with Gasteiger partial charge in [-0.1, -0.05) is 63.5 Å². The smallest absolute Gasteiger partial charge is 0.237 e. The number of carbonyl (C=O) groups excluding carboxylic acids is 2. The summed E-state index contributed by atoms with van der Waals surface area (Å²) in [6, 6.07) is 8.41. The Labute approximate surface area is 197 Å². The summed E-state index contributed by atoms with van der Waals surface area (Å²) in [5.41, 5.74) is 5.93. The minimum atomic E-state index is -1.27. The van der Waals surface area contributed by atoms with Crippen molar-refractivity contribution in [1.29, 1.82) is 0 Å². The quantitative estimate of drug-likeness (QED) is 0.578. The molecule has 8 heteroatoms. The van der Waals surface area contributed by atoms with Gasteiger partial charge >= 0.3 is 0 Å². The molecule has 2 heterocycles. The molecule has 2 aliphatic rings. The van der Waals surface area contributed by atoms with E-state index in [1.807, 2.05) is 26.8 Å². The molecule has 5 nitrogen and oxygen atoms in total. The lowest BCUT2D eigenvalue weighted by molar-refractivity contribution is -0.122. The number of carbonyl (C=O) groups is 2. The molecule has 4 N–H and O–H groups in total. The SMILES string of the molecule is C.CC(C)(C)CC1NC(C(N)=O)C(c2cccc(Cl)c2)C12C(=O)Nc1cc(Cl)c(F)cc12. The second-order valence-corrected chi connectivity index (χ2v) is 10.4. The molecule has 2 aliphatic heterocycles. The Morgan fingerprint density at radius 1 is 1.22 bits per heavy atom. The maximum absolute atomic E-state index is 14.6. The minimum Gasteiger partial charge on any atom is -0.368 e. The molecular weight excluding hydrogens is 452 g/mol. The van der Waals surface area contributed by atoms with Crippen LogP contribution < -0.4 is 16.4 Å². The van der Waals surface area contributed by atoms with Gasteiger partial charge in [0.25, 0.3) is 0 Å². The van der Waals surface area contributed by atoms with Crippen molar-refractivity contribution in [3.63, 3.8) is 0 Å². The predicted octanol–water partition coefficient (Wildman–Crippen LogP) is 5.00. The lowest BCUT2D eigenvalue weighted by atomic mass is 9.62. The highest BCUT2D eigenvalue weighted by molar-refractivity contribution is 6.31. The van der Waals surface area contributed by atoms with Crippen LogP contribution in [0.2, 0.25) is 10.0 Å². The summed E-state index contributed by atoms with van der Waals surface area (Å²) in [6.07, 6.45) is 0.547. The van der Waals surface area contributed by atoms with E-state index in [1.165, 1.54) is 12.1 Å². The molecule has 1 spiro atoms. The van der Waals surface area contributed by atoms with Crippen LogP contribution in [-0.4, -0.2) is 23.9 Å². The third-order valence-corrected chi connectivity index (χ3v) is 6.74. The first-order chi connectivity index (χ1) is 14.4. The van der Waals surface area contributed by atoms with Crippen molar-refractivity contribution in [3.05, 3.63) is 63.4 Å². The number of nitrogens with two attached hydrogens (primary N) is 1. The fraction of sp³-hybridized carbons (Fsp3) is 0.417. The molecule has 4 rings (SSSR count). The Hall–Kier alpha value is -2.15. The van der Waals surface area contributed by atoms with Crippen LogP contribution in [0.15, 0.2) is 36.4 Å². The van der Waals surface area contributed by atoms with E-state index < -0.39 is 35.1 Å². The van der Waals surface area contributed by atoms with Gasteiger partial charge in [0.15, 0.2) is 0 Å². The molecule has 32 heavy (non-hydrogen) atoms. The van der Waals surface area contributed by atoms with Gasteiger partial charge in [-0.15, -0.1) is 0 Å². The first-order valence-electron chi connectivity index (χ1n) is 10.1. The molecule has 172 valence electrons. The summed E-state index contributed by atoms with van der Waals surface area (Å²) in [5, 5.41) is 6.58. The summed E-state index contributed by atoms with van der Waals surface area (Å²) < 4.78 is 14.6. The number of fused-ring (bicyclic) bond motifs is 2. The number of rotatable bonds is 3. The highest BCUT2D eigenvalue weighted by Gasteiger charge is 2.65. The second-order valence-electron chi connectivity index (χ2n) is 9.53. The van der Waals surface area contributed by atoms with Gasteiger partial charge in [0.2, 0.25) is 11.8 Å². The van der Waals surface area contributed by atoms with Crippen molar-refractivity contribution in [3.8, 4) is 0 Å². The van der Waals surface area contributed by atoms with E-state index in [9.17, 15) is 14.0 Å². The van der Waals surface area contributed by atoms with E-state index in [0.717, 1.165) is 0 Å². The van der Waals surface area contributed by atoms with Gasteiger partial charge in [0, 0.05) is 22.7 Å². The summed E-state index contributed by atoms with van der Waals surface area (Å²) >= 11 is 12.3. The van der Waals surface area contributed by atoms with E-state index in [-0.39, 0.29) is 23.8 Å². The summed E-state index contributed by atoms with van der Waals surface area (Å²) in [5.74, 6) is -2.22. The molecule has 4 atom stereocenters. The van der Waals surface area contributed by atoms with Crippen LogP contribution in [0.3, 0.4) is 0 Å². The van der Waals surface area contributed by atoms with E-state index in [4.69, 9.17) is 28.9 Å². The molecule has 2 aromatic carbocycles. The van der Waals surface area contributed by atoms with Gasteiger partial charge in [-0.3, -0.25) is 9.59 Å². The molecule has 0 saturated carbocycles. The average molecular weight is 480 g/mol. The van der Waals surface area contributed by atoms with Crippen LogP contribution >= 0.6 is 23.2 Å². The number of hydrogen-bond donors (Lipinski definition) is 3. The Morgan fingerprint density at radius 3 is 2.50 bits per heavy atom. The molecule has 4 unspecified atom stereocenters. The Morgan fingerprint density at radius 2 is 1.91 bits per heavy atom. The molecule has 2 amide bonds. The molecule has 1 fully saturated rings. The van der Waals surface area contributed by atoms with Crippen molar-refractivity contribution < 1.29 is 14.0 Å². The molecule has 1 saturated heterocycles. The largest absolute Gasteiger partial charge is 0.368 e. The Kier molecular flexibility index (Phi) is 6.37. The normalized spacial score (nSPS) is 26.6. The van der Waals surface area contributed by atoms with Crippen LogP contribution in [0, 0.1) is 11.2 Å². The van der Waals surface area contributed by atoms with Crippen molar-refractivity contribution in [2.75, 3.05) is 5.32 Å². The van der Waals surface area contributed by atoms with Crippen molar-refractivity contribution in [1.82, 2.24) is 5.32 Å². The molecule has 2 aromatic rings. The standard InChI is InChI=1S/C23H24Cl2FN3O2.CH4/c1-22(2,3)10-17-23(13-8-15(26)14(25)9-16(13)28-21(23)31)18(19(29-17)20(27)30)11-5-4-6-12(24)7-11;/h4-9,17-19,29H,10H2,1-3H3,(H2,27,30)(H,28,31);1H4. The van der Waals surface area contributed by atoms with Gasteiger partial charge in [0.1, 0.15) is 11.2 Å². The topological polar surface area (TPSA) is 84.2 Å². The summed E-state index contributed by atoms with van der Waals surface area (Å²) in [7, 11) is 0. The molecule has 0 aromatic heterocycles. The maximum atomic E-state index is 14.6. The van der Waals surface area contributed by atoms with Crippen molar-refractivity contribution in [2.24, 2.45) is 11.1 Å². The third kappa shape index (κ3) is 3.78. The zero-order valence-corrected chi connectivity index (χ0v) is 18.9. The summed E-state index contributed by atoms with van der Waals surface area (Å²) in [4.78, 5) is 26.3. The number of anilines is 1. The second kappa shape index (κ2) is 8.32. The van der Waals surface area contributed by atoms with Crippen molar-refractivity contribution in [2.45, 2.75) is 58.0 Å². The number of amides is 2. The Bertz CT molecular complexity index is 1090. The summed E-state index contributed by atoms with van der Waals surface area (Å²) in [6.45, 7) is 6.14. The minimum absolute atomic E-state index is 0. The first kappa shape index (κ1) is 24.5. The molecular formula is C24H28Cl2FN3O2.